The maximum atomic E-state index is 4.54. The summed E-state index contributed by atoms with van der Waals surface area (Å²) in [7, 11) is 0. The fourth-order valence-electron chi connectivity index (χ4n) is 3.16. The molecule has 2 saturated heterocycles. The number of piperidine rings is 1. The second kappa shape index (κ2) is 4.33. The van der Waals surface area contributed by atoms with Gasteiger partial charge in [0, 0.05) is 37.6 Å². The van der Waals surface area contributed by atoms with Crippen LogP contribution in [-0.4, -0.2) is 35.2 Å². The Morgan fingerprint density at radius 2 is 2.29 bits per heavy atom. The molecule has 1 aromatic heterocycles. The van der Waals surface area contributed by atoms with Crippen LogP contribution in [-0.2, 0) is 0 Å². The van der Waals surface area contributed by atoms with Gasteiger partial charge in [0.25, 0.3) is 0 Å². The minimum Gasteiger partial charge on any atom is -0.340 e. The highest BCUT2D eigenvalue weighted by Gasteiger charge is 2.35. The van der Waals surface area contributed by atoms with E-state index in [-0.39, 0.29) is 0 Å². The van der Waals surface area contributed by atoms with Gasteiger partial charge in [0.05, 0.1) is 0 Å². The van der Waals surface area contributed by atoms with Gasteiger partial charge in [0.15, 0.2) is 0 Å². The van der Waals surface area contributed by atoms with Crippen LogP contribution < -0.4 is 10.2 Å². The Balaban J connectivity index is 1.79. The molecule has 0 radical (unpaired) electrons. The molecule has 1 aromatic rings. The molecule has 0 aromatic carbocycles. The Hall–Kier alpha value is -1.03. The summed E-state index contributed by atoms with van der Waals surface area (Å²) in [5.74, 6) is 1.97. The number of aromatic nitrogens is 2. The summed E-state index contributed by atoms with van der Waals surface area (Å²) in [6.07, 6.45) is 6.71. The predicted molar refractivity (Wildman–Crippen MR) is 69.3 cm³/mol. The quantitative estimate of drug-likeness (QED) is 0.844. The number of nitrogens with one attached hydrogen (secondary N) is 1. The fourth-order valence-corrected chi connectivity index (χ4v) is 3.16. The van der Waals surface area contributed by atoms with E-state index in [9.17, 15) is 0 Å². The zero-order valence-corrected chi connectivity index (χ0v) is 10.8. The summed E-state index contributed by atoms with van der Waals surface area (Å²) in [6.45, 7) is 7.91. The van der Waals surface area contributed by atoms with Crippen molar-refractivity contribution in [2.24, 2.45) is 5.92 Å². The molecule has 4 nitrogen and oxygen atoms in total. The van der Waals surface area contributed by atoms with E-state index in [1.165, 1.54) is 25.9 Å². The molecule has 0 amide bonds. The maximum Gasteiger partial charge on any atom is 0.205 e. The third-order valence-electron chi connectivity index (χ3n) is 4.09. The first-order chi connectivity index (χ1) is 8.25. The van der Waals surface area contributed by atoms with Gasteiger partial charge in [-0.3, -0.25) is 0 Å². The monoisotopic (exact) mass is 234 g/mol. The molecule has 17 heavy (non-hydrogen) atoms. The van der Waals surface area contributed by atoms with Crippen LogP contribution in [0.3, 0.4) is 0 Å². The Labute approximate surface area is 103 Å². The lowest BCUT2D eigenvalue weighted by atomic mass is 9.94. The molecule has 1 N–H and O–H groups in total. The minimum atomic E-state index is 0.489. The largest absolute Gasteiger partial charge is 0.340 e. The minimum absolute atomic E-state index is 0.489. The third kappa shape index (κ3) is 1.95. The van der Waals surface area contributed by atoms with Crippen molar-refractivity contribution >= 4 is 5.95 Å². The summed E-state index contributed by atoms with van der Waals surface area (Å²) in [5, 5.41) is 3.64. The maximum absolute atomic E-state index is 4.54. The van der Waals surface area contributed by atoms with Crippen LogP contribution in [0.1, 0.15) is 32.7 Å². The zero-order valence-electron chi connectivity index (χ0n) is 10.8. The van der Waals surface area contributed by atoms with E-state index < -0.39 is 0 Å². The van der Waals surface area contributed by atoms with Crippen LogP contribution in [0.5, 0.6) is 0 Å². The summed E-state index contributed by atoms with van der Waals surface area (Å²) >= 11 is 0. The van der Waals surface area contributed by atoms with E-state index in [1.54, 1.807) is 0 Å². The van der Waals surface area contributed by atoms with Gasteiger partial charge >= 0.3 is 0 Å². The summed E-state index contributed by atoms with van der Waals surface area (Å²) in [5.41, 5.74) is 0. The standard InChI is InChI=1S/C13H22N4/c1-10(2)17-7-6-15-13(17)16-8-11-4-3-5-14-12(11)9-16/h6-7,10-12,14H,3-5,8-9H2,1-2H3. The molecule has 3 rings (SSSR count). The lowest BCUT2D eigenvalue weighted by Gasteiger charge is -2.24. The van der Waals surface area contributed by atoms with Gasteiger partial charge in [-0.15, -0.1) is 0 Å². The van der Waals surface area contributed by atoms with Crippen molar-refractivity contribution in [3.05, 3.63) is 12.4 Å². The van der Waals surface area contributed by atoms with Crippen LogP contribution in [0.25, 0.3) is 0 Å². The van der Waals surface area contributed by atoms with Gasteiger partial charge in [-0.25, -0.2) is 4.98 Å². The van der Waals surface area contributed by atoms with Crippen LogP contribution in [0.2, 0.25) is 0 Å². The van der Waals surface area contributed by atoms with E-state index in [4.69, 9.17) is 0 Å². The average Bonchev–Trinajstić information content (AvgIpc) is 2.95. The summed E-state index contributed by atoms with van der Waals surface area (Å²) in [4.78, 5) is 6.99. The topological polar surface area (TPSA) is 33.1 Å². The lowest BCUT2D eigenvalue weighted by Crippen LogP contribution is -2.40. The molecular formula is C13H22N4. The van der Waals surface area contributed by atoms with E-state index in [0.29, 0.717) is 12.1 Å². The summed E-state index contributed by atoms with van der Waals surface area (Å²) < 4.78 is 2.28. The van der Waals surface area contributed by atoms with E-state index in [2.05, 4.69) is 39.8 Å². The Morgan fingerprint density at radius 3 is 3.06 bits per heavy atom. The lowest BCUT2D eigenvalue weighted by molar-refractivity contribution is 0.340. The number of hydrogen-bond donors (Lipinski definition) is 1. The second-order valence-corrected chi connectivity index (χ2v) is 5.60. The first-order valence-corrected chi connectivity index (χ1v) is 6.77. The predicted octanol–water partition coefficient (Wildman–Crippen LogP) is 1.65. The van der Waals surface area contributed by atoms with Crippen molar-refractivity contribution < 1.29 is 0 Å². The first kappa shape index (κ1) is 11.1. The van der Waals surface area contributed by atoms with Crippen molar-refractivity contribution in [1.29, 1.82) is 0 Å². The van der Waals surface area contributed by atoms with Crippen molar-refractivity contribution in [2.45, 2.75) is 38.8 Å². The number of nitrogens with zero attached hydrogens (tertiary/aromatic N) is 3. The van der Waals surface area contributed by atoms with E-state index in [0.717, 1.165) is 18.4 Å². The van der Waals surface area contributed by atoms with Crippen LogP contribution >= 0.6 is 0 Å². The molecule has 0 saturated carbocycles. The van der Waals surface area contributed by atoms with Gasteiger partial charge in [-0.1, -0.05) is 0 Å². The van der Waals surface area contributed by atoms with Gasteiger partial charge < -0.3 is 14.8 Å². The zero-order chi connectivity index (χ0) is 11.8. The number of hydrogen-bond acceptors (Lipinski definition) is 3. The SMILES string of the molecule is CC(C)n1ccnc1N1CC2CCCNC2C1. The fraction of sp³-hybridized carbons (Fsp3) is 0.769. The van der Waals surface area contributed by atoms with E-state index in [1.807, 2.05) is 6.20 Å². The highest BCUT2D eigenvalue weighted by Crippen LogP contribution is 2.29. The number of rotatable bonds is 2. The highest BCUT2D eigenvalue weighted by atomic mass is 15.3. The normalized spacial score (nSPS) is 28.8. The highest BCUT2D eigenvalue weighted by molar-refractivity contribution is 5.35. The molecule has 2 fully saturated rings. The molecule has 2 atom stereocenters. The Kier molecular flexibility index (Phi) is 2.82. The van der Waals surface area contributed by atoms with Crippen molar-refractivity contribution in [1.82, 2.24) is 14.9 Å². The smallest absolute Gasteiger partial charge is 0.205 e. The number of fused-ring (bicyclic) bond motifs is 1. The molecule has 94 valence electrons. The molecule has 3 heterocycles. The molecule has 0 bridgehead atoms. The van der Waals surface area contributed by atoms with Crippen molar-refractivity contribution in [3.8, 4) is 0 Å². The van der Waals surface area contributed by atoms with Crippen LogP contribution in [0.15, 0.2) is 12.4 Å². The molecular weight excluding hydrogens is 212 g/mol. The van der Waals surface area contributed by atoms with Gasteiger partial charge in [-0.2, -0.15) is 0 Å². The molecule has 4 heteroatoms. The summed E-state index contributed by atoms with van der Waals surface area (Å²) in [6, 6.07) is 1.17. The van der Waals surface area contributed by atoms with Crippen molar-refractivity contribution in [3.63, 3.8) is 0 Å². The molecule has 0 spiro atoms. The van der Waals surface area contributed by atoms with E-state index >= 15 is 0 Å². The van der Waals surface area contributed by atoms with Crippen LogP contribution in [0.4, 0.5) is 5.95 Å². The molecule has 2 unspecified atom stereocenters. The second-order valence-electron chi connectivity index (χ2n) is 5.60. The third-order valence-corrected chi connectivity index (χ3v) is 4.09. The van der Waals surface area contributed by atoms with Gasteiger partial charge in [0.1, 0.15) is 0 Å². The van der Waals surface area contributed by atoms with Crippen molar-refractivity contribution in [2.75, 3.05) is 24.5 Å². The average molecular weight is 234 g/mol. The Bertz CT molecular complexity index is 371. The molecule has 2 aliphatic heterocycles. The molecule has 2 aliphatic rings. The number of imidazole rings is 1. The first-order valence-electron chi connectivity index (χ1n) is 6.77. The van der Waals surface area contributed by atoms with Gasteiger partial charge in [-0.05, 0) is 39.2 Å². The van der Waals surface area contributed by atoms with Gasteiger partial charge in [0.2, 0.25) is 5.95 Å². The Morgan fingerprint density at radius 1 is 1.41 bits per heavy atom. The van der Waals surface area contributed by atoms with Crippen LogP contribution in [0, 0.1) is 5.92 Å². The number of anilines is 1. The molecule has 0 aliphatic carbocycles.